The van der Waals surface area contributed by atoms with Gasteiger partial charge < -0.3 is 15.0 Å². The van der Waals surface area contributed by atoms with Crippen molar-refractivity contribution in [1.82, 2.24) is 29.6 Å². The first kappa shape index (κ1) is 30.5. The van der Waals surface area contributed by atoms with Gasteiger partial charge in [-0.15, -0.1) is 13.2 Å². The number of hydrogen-bond donors (Lipinski definition) is 1. The van der Waals surface area contributed by atoms with Crippen LogP contribution in [0.25, 0.3) is 22.0 Å². The highest BCUT2D eigenvalue weighted by molar-refractivity contribution is 9.10. The lowest BCUT2D eigenvalue weighted by molar-refractivity contribution is -0.138. The smallest absolute Gasteiger partial charge is 0.248 e. The Kier molecular flexibility index (Phi) is 8.19. The number of Topliss-reactive ketones (excluding diaryl/α,β-unsaturated/α-hetero) is 1. The number of carbonyl (C=O) groups is 3. The Hall–Kier alpha value is -4.55. The summed E-state index contributed by atoms with van der Waals surface area (Å²) in [6.07, 6.45) is 8.15. The van der Waals surface area contributed by atoms with Gasteiger partial charge in [0.2, 0.25) is 11.8 Å². The fraction of sp³-hybridized carbons (Fsp3) is 0.303. The molecule has 1 aliphatic carbocycles. The summed E-state index contributed by atoms with van der Waals surface area (Å²) >= 11 is 3.38. The predicted molar refractivity (Wildman–Crippen MR) is 172 cm³/mol. The van der Waals surface area contributed by atoms with Crippen LogP contribution in [0, 0.1) is 12.3 Å². The molecule has 3 aromatic heterocycles. The van der Waals surface area contributed by atoms with Crippen molar-refractivity contribution in [3.05, 3.63) is 89.7 Å². The van der Waals surface area contributed by atoms with Gasteiger partial charge in [0.15, 0.2) is 5.78 Å². The molecule has 2 amide bonds. The predicted octanol–water partition coefficient (Wildman–Crippen LogP) is 5.05. The number of benzene rings is 1. The SMILES string of the molecule is C=CCOCc1ccc(Br)nc1NC(=O)[C@@H]1C[C@@]2(C=C)C[C@H]2N1C(=O)Cn1nc(C(C)=O)c2cc(-c3cnc(C)nc3)ccc21. The van der Waals surface area contributed by atoms with E-state index in [2.05, 4.69) is 54.5 Å². The average molecular weight is 671 g/mol. The quantitative estimate of drug-likeness (QED) is 0.102. The van der Waals surface area contributed by atoms with Gasteiger partial charge in [0.1, 0.15) is 34.5 Å². The average Bonchev–Trinajstić information content (AvgIpc) is 3.45. The molecule has 45 heavy (non-hydrogen) atoms. The highest BCUT2D eigenvalue weighted by Crippen LogP contribution is 2.60. The lowest BCUT2D eigenvalue weighted by atomic mass is 9.99. The zero-order valence-electron chi connectivity index (χ0n) is 25.0. The number of ether oxygens (including phenoxy) is 1. The van der Waals surface area contributed by atoms with Crippen molar-refractivity contribution in [3.8, 4) is 11.1 Å². The second-order valence-electron chi connectivity index (χ2n) is 11.4. The molecule has 0 radical (unpaired) electrons. The molecule has 1 aliphatic heterocycles. The van der Waals surface area contributed by atoms with Gasteiger partial charge in [-0.3, -0.25) is 19.1 Å². The number of likely N-dealkylation sites (tertiary alicyclic amines) is 1. The van der Waals surface area contributed by atoms with Crippen molar-refractivity contribution < 1.29 is 19.1 Å². The van der Waals surface area contributed by atoms with Crippen LogP contribution in [-0.2, 0) is 27.5 Å². The Morgan fingerprint density at radius 1 is 1.13 bits per heavy atom. The largest absolute Gasteiger partial charge is 0.373 e. The molecule has 2 fully saturated rings. The van der Waals surface area contributed by atoms with E-state index in [4.69, 9.17) is 4.74 Å². The topological polar surface area (TPSA) is 132 Å². The second-order valence-corrected chi connectivity index (χ2v) is 12.2. The van der Waals surface area contributed by atoms with Gasteiger partial charge in [0, 0.05) is 47.3 Å². The third-order valence-electron chi connectivity index (χ3n) is 8.48. The van der Waals surface area contributed by atoms with Crippen LogP contribution in [0.2, 0.25) is 0 Å². The minimum atomic E-state index is -0.737. The lowest BCUT2D eigenvalue weighted by Crippen LogP contribution is -2.47. The first-order valence-corrected chi connectivity index (χ1v) is 15.3. The lowest BCUT2D eigenvalue weighted by Gasteiger charge is -2.27. The Morgan fingerprint density at radius 2 is 1.91 bits per heavy atom. The number of aromatic nitrogens is 5. The van der Waals surface area contributed by atoms with E-state index in [0.717, 1.165) is 17.5 Å². The Balaban J connectivity index is 1.27. The molecule has 11 nitrogen and oxygen atoms in total. The molecule has 3 atom stereocenters. The summed E-state index contributed by atoms with van der Waals surface area (Å²) in [6.45, 7) is 11.4. The number of anilines is 1. The first-order chi connectivity index (χ1) is 21.6. The van der Waals surface area contributed by atoms with Gasteiger partial charge in [0.05, 0.1) is 18.7 Å². The summed E-state index contributed by atoms with van der Waals surface area (Å²) in [4.78, 5) is 55.1. The van der Waals surface area contributed by atoms with E-state index >= 15 is 0 Å². The standard InChI is InChI=1S/C33H32BrN7O4/c1-5-11-45-18-22-8-10-28(34)37-31(22)38-32(44)26-13-33(6-2)14-27(33)41(26)29(43)17-40-25-9-7-21(23-15-35-20(4)36-16-23)12-24(25)30(39-40)19(3)42/h5-10,12,15-16,26-27H,1-2,11,13-14,17-18H2,3-4H3,(H,37,38,44)/t26-,27+,33-/m0/s1. The Labute approximate surface area is 268 Å². The van der Waals surface area contributed by atoms with Crippen LogP contribution >= 0.6 is 15.9 Å². The number of ketones is 1. The van der Waals surface area contributed by atoms with Crippen LogP contribution in [0.15, 0.2) is 72.6 Å². The molecule has 6 rings (SSSR count). The zero-order valence-corrected chi connectivity index (χ0v) is 26.6. The van der Waals surface area contributed by atoms with Crippen LogP contribution in [0.1, 0.15) is 41.6 Å². The maximum absolute atomic E-state index is 14.0. The highest BCUT2D eigenvalue weighted by Gasteiger charge is 2.65. The van der Waals surface area contributed by atoms with Crippen molar-refractivity contribution in [2.75, 3.05) is 11.9 Å². The molecule has 0 bridgehead atoms. The van der Waals surface area contributed by atoms with Gasteiger partial charge in [-0.1, -0.05) is 24.3 Å². The number of halogens is 1. The van der Waals surface area contributed by atoms with E-state index in [1.54, 1.807) is 34.1 Å². The number of carbonyl (C=O) groups excluding carboxylic acids is 3. The number of piperidine rings is 1. The van der Waals surface area contributed by atoms with Crippen LogP contribution in [0.5, 0.6) is 0 Å². The van der Waals surface area contributed by atoms with Gasteiger partial charge in [-0.2, -0.15) is 5.10 Å². The third kappa shape index (κ3) is 5.83. The first-order valence-electron chi connectivity index (χ1n) is 14.5. The van der Waals surface area contributed by atoms with Gasteiger partial charge in [0.25, 0.3) is 0 Å². The number of amides is 2. The molecule has 4 heterocycles. The zero-order chi connectivity index (χ0) is 31.9. The van der Waals surface area contributed by atoms with E-state index < -0.39 is 6.04 Å². The number of aryl methyl sites for hydroxylation is 1. The van der Waals surface area contributed by atoms with Crippen molar-refractivity contribution in [2.24, 2.45) is 5.41 Å². The van der Waals surface area contributed by atoms with E-state index in [1.807, 2.05) is 37.3 Å². The van der Waals surface area contributed by atoms with Gasteiger partial charge >= 0.3 is 0 Å². The molecule has 4 aromatic rings. The molecule has 1 N–H and O–H groups in total. The number of fused-ring (bicyclic) bond motifs is 2. The van der Waals surface area contributed by atoms with Crippen LogP contribution in [0.4, 0.5) is 5.82 Å². The molecule has 2 aliphatic rings. The summed E-state index contributed by atoms with van der Waals surface area (Å²) < 4.78 is 7.69. The Bertz CT molecular complexity index is 1850. The van der Waals surface area contributed by atoms with Crippen LogP contribution in [-0.4, -0.2) is 65.9 Å². The normalized spacial score (nSPS) is 20.1. The number of nitrogens with zero attached hydrogens (tertiary/aromatic N) is 6. The number of pyridine rings is 1. The van der Waals surface area contributed by atoms with Crippen LogP contribution in [0.3, 0.4) is 0 Å². The number of nitrogens with one attached hydrogen (secondary N) is 1. The maximum atomic E-state index is 14.0. The molecular formula is C33H32BrN7O4. The summed E-state index contributed by atoms with van der Waals surface area (Å²) in [5.41, 5.74) is 2.91. The van der Waals surface area contributed by atoms with Gasteiger partial charge in [-0.05, 0) is 59.5 Å². The highest BCUT2D eigenvalue weighted by atomic mass is 79.9. The summed E-state index contributed by atoms with van der Waals surface area (Å²) in [7, 11) is 0. The molecular weight excluding hydrogens is 638 g/mol. The molecule has 1 saturated carbocycles. The van der Waals surface area contributed by atoms with E-state index in [-0.39, 0.29) is 47.9 Å². The number of rotatable bonds is 11. The third-order valence-corrected chi connectivity index (χ3v) is 8.92. The monoisotopic (exact) mass is 669 g/mol. The van der Waals surface area contributed by atoms with Crippen molar-refractivity contribution in [2.45, 2.75) is 51.9 Å². The fourth-order valence-corrected chi connectivity index (χ4v) is 6.38. The summed E-state index contributed by atoms with van der Waals surface area (Å²) in [6, 6.07) is 8.31. The van der Waals surface area contributed by atoms with Gasteiger partial charge in [-0.25, -0.2) is 15.0 Å². The minimum absolute atomic E-state index is 0.139. The van der Waals surface area contributed by atoms with Crippen molar-refractivity contribution in [3.63, 3.8) is 0 Å². The van der Waals surface area contributed by atoms with E-state index in [0.29, 0.717) is 45.7 Å². The Morgan fingerprint density at radius 3 is 2.62 bits per heavy atom. The second kappa shape index (κ2) is 12.1. The minimum Gasteiger partial charge on any atom is -0.373 e. The maximum Gasteiger partial charge on any atom is 0.248 e. The fourth-order valence-electron chi connectivity index (χ4n) is 6.07. The molecule has 1 saturated heterocycles. The number of hydrogen-bond acceptors (Lipinski definition) is 8. The van der Waals surface area contributed by atoms with E-state index in [1.165, 1.54) is 6.92 Å². The summed E-state index contributed by atoms with van der Waals surface area (Å²) in [5.74, 6) is 0.189. The van der Waals surface area contributed by atoms with E-state index in [9.17, 15) is 14.4 Å². The molecule has 230 valence electrons. The van der Waals surface area contributed by atoms with Crippen LogP contribution < -0.4 is 5.32 Å². The van der Waals surface area contributed by atoms with Crippen molar-refractivity contribution in [1.29, 1.82) is 0 Å². The summed E-state index contributed by atoms with van der Waals surface area (Å²) in [5, 5.41) is 8.11. The van der Waals surface area contributed by atoms with Crippen molar-refractivity contribution >= 4 is 50.2 Å². The molecule has 0 unspecified atom stereocenters. The molecule has 1 aromatic carbocycles. The molecule has 0 spiro atoms. The molecule has 12 heteroatoms.